The highest BCUT2D eigenvalue weighted by Gasteiger charge is 2.47. The summed E-state index contributed by atoms with van der Waals surface area (Å²) < 4.78 is 26.7. The number of carboxylic acid groups (broad SMARTS) is 1. The first-order valence-electron chi connectivity index (χ1n) is 6.23. The fourth-order valence-electron chi connectivity index (χ4n) is 2.09. The maximum atomic E-state index is 13.6. The van der Waals surface area contributed by atoms with Crippen LogP contribution in [0.1, 0.15) is 31.7 Å². The van der Waals surface area contributed by atoms with Crippen molar-refractivity contribution in [2.75, 3.05) is 0 Å². The second kappa shape index (κ2) is 4.85. The van der Waals surface area contributed by atoms with E-state index in [0.29, 0.717) is 6.42 Å². The van der Waals surface area contributed by atoms with Crippen LogP contribution in [0.25, 0.3) is 0 Å². The summed E-state index contributed by atoms with van der Waals surface area (Å²) in [5.74, 6) is -4.39. The standard InChI is InChI=1S/C14H15F2NO3/c1-14(2,13(19)20)17-12(18)9-6-8(9)7-4-3-5-10(15)11(7)16/h3-5,8-9H,6H2,1-2H3,(H,17,18)(H,19,20)/t8-,9+/m0/s1. The Kier molecular flexibility index (Phi) is 3.50. The third-order valence-electron chi connectivity index (χ3n) is 3.48. The molecule has 108 valence electrons. The van der Waals surface area contributed by atoms with Crippen LogP contribution >= 0.6 is 0 Å². The van der Waals surface area contributed by atoms with Crippen LogP contribution in [0.15, 0.2) is 18.2 Å². The van der Waals surface area contributed by atoms with E-state index in [1.807, 2.05) is 0 Å². The third-order valence-corrected chi connectivity index (χ3v) is 3.48. The summed E-state index contributed by atoms with van der Waals surface area (Å²) in [5, 5.41) is 11.3. The van der Waals surface area contributed by atoms with Gasteiger partial charge in [0.2, 0.25) is 5.91 Å². The van der Waals surface area contributed by atoms with E-state index in [1.165, 1.54) is 26.0 Å². The average molecular weight is 283 g/mol. The van der Waals surface area contributed by atoms with E-state index in [1.54, 1.807) is 0 Å². The van der Waals surface area contributed by atoms with Gasteiger partial charge in [-0.3, -0.25) is 4.79 Å². The van der Waals surface area contributed by atoms with E-state index in [9.17, 15) is 18.4 Å². The van der Waals surface area contributed by atoms with E-state index in [0.717, 1.165) is 6.07 Å². The normalized spacial score (nSPS) is 21.4. The molecule has 0 bridgehead atoms. The summed E-state index contributed by atoms with van der Waals surface area (Å²) in [4.78, 5) is 22.8. The molecule has 0 radical (unpaired) electrons. The number of hydrogen-bond acceptors (Lipinski definition) is 2. The molecule has 4 nitrogen and oxygen atoms in total. The van der Waals surface area contributed by atoms with Gasteiger partial charge < -0.3 is 10.4 Å². The number of benzene rings is 1. The Hall–Kier alpha value is -1.98. The molecule has 1 aromatic rings. The van der Waals surface area contributed by atoms with E-state index >= 15 is 0 Å². The largest absolute Gasteiger partial charge is 0.480 e. The molecule has 20 heavy (non-hydrogen) atoms. The maximum absolute atomic E-state index is 13.6. The first-order valence-corrected chi connectivity index (χ1v) is 6.23. The minimum atomic E-state index is -1.38. The molecule has 1 saturated carbocycles. The van der Waals surface area contributed by atoms with Gasteiger partial charge in [-0.15, -0.1) is 0 Å². The molecule has 6 heteroatoms. The summed E-state index contributed by atoms with van der Waals surface area (Å²) >= 11 is 0. The number of aliphatic carboxylic acids is 1. The lowest BCUT2D eigenvalue weighted by Crippen LogP contribution is -2.50. The van der Waals surface area contributed by atoms with Crippen molar-refractivity contribution in [1.29, 1.82) is 0 Å². The fourth-order valence-corrected chi connectivity index (χ4v) is 2.09. The highest BCUT2D eigenvalue weighted by Crippen LogP contribution is 2.48. The quantitative estimate of drug-likeness (QED) is 0.888. The lowest BCUT2D eigenvalue weighted by atomic mass is 10.0. The number of carbonyl (C=O) groups is 2. The lowest BCUT2D eigenvalue weighted by molar-refractivity contribution is -0.146. The zero-order valence-corrected chi connectivity index (χ0v) is 11.1. The monoisotopic (exact) mass is 283 g/mol. The third kappa shape index (κ3) is 2.64. The Labute approximate surface area is 114 Å². The maximum Gasteiger partial charge on any atom is 0.328 e. The number of nitrogens with one attached hydrogen (secondary N) is 1. The number of rotatable bonds is 4. The first kappa shape index (κ1) is 14.4. The highest BCUT2D eigenvalue weighted by atomic mass is 19.2. The number of carbonyl (C=O) groups excluding carboxylic acids is 1. The van der Waals surface area contributed by atoms with Gasteiger partial charge in [0.1, 0.15) is 5.54 Å². The number of amides is 1. The predicted molar refractivity (Wildman–Crippen MR) is 67.1 cm³/mol. The smallest absolute Gasteiger partial charge is 0.328 e. The van der Waals surface area contributed by atoms with Crippen LogP contribution in [0.4, 0.5) is 8.78 Å². The molecule has 1 amide bonds. The van der Waals surface area contributed by atoms with Crippen molar-refractivity contribution in [1.82, 2.24) is 5.32 Å². The van der Waals surface area contributed by atoms with Gasteiger partial charge in [0.15, 0.2) is 11.6 Å². The minimum Gasteiger partial charge on any atom is -0.480 e. The predicted octanol–water partition coefficient (Wildman–Crippen LogP) is 2.05. The van der Waals surface area contributed by atoms with Crippen LogP contribution in [0.5, 0.6) is 0 Å². The molecule has 0 unspecified atom stereocenters. The van der Waals surface area contributed by atoms with Gasteiger partial charge in [0, 0.05) is 5.92 Å². The molecule has 1 aromatic carbocycles. The Balaban J connectivity index is 2.07. The average Bonchev–Trinajstić information content (AvgIpc) is 3.12. The number of carboxylic acids is 1. The Morgan fingerprint density at radius 2 is 2.00 bits per heavy atom. The molecule has 2 atom stereocenters. The van der Waals surface area contributed by atoms with Crippen molar-refractivity contribution in [2.45, 2.75) is 31.7 Å². The fraction of sp³-hybridized carbons (Fsp3) is 0.429. The van der Waals surface area contributed by atoms with Gasteiger partial charge >= 0.3 is 5.97 Å². The molecular weight excluding hydrogens is 268 g/mol. The number of hydrogen-bond donors (Lipinski definition) is 2. The second-order valence-electron chi connectivity index (χ2n) is 5.51. The first-order chi connectivity index (χ1) is 9.24. The van der Waals surface area contributed by atoms with E-state index in [4.69, 9.17) is 5.11 Å². The molecular formula is C14H15F2NO3. The highest BCUT2D eigenvalue weighted by molar-refractivity contribution is 5.89. The van der Waals surface area contributed by atoms with Crippen molar-refractivity contribution in [3.05, 3.63) is 35.4 Å². The van der Waals surface area contributed by atoms with Gasteiger partial charge in [0.25, 0.3) is 0 Å². The molecule has 2 rings (SSSR count). The zero-order chi connectivity index (χ0) is 15.1. The molecule has 1 fully saturated rings. The van der Waals surface area contributed by atoms with E-state index in [2.05, 4.69) is 5.32 Å². The molecule has 0 heterocycles. The van der Waals surface area contributed by atoms with Crippen LogP contribution in [0.2, 0.25) is 0 Å². The molecule has 0 spiro atoms. The van der Waals surface area contributed by atoms with Gasteiger partial charge in [0.05, 0.1) is 0 Å². The van der Waals surface area contributed by atoms with Crippen LogP contribution in [0.3, 0.4) is 0 Å². The summed E-state index contributed by atoms with van der Waals surface area (Å²) in [6, 6.07) is 3.85. The van der Waals surface area contributed by atoms with Crippen molar-refractivity contribution in [3.8, 4) is 0 Å². The molecule has 0 aliphatic heterocycles. The van der Waals surface area contributed by atoms with Gasteiger partial charge in [-0.2, -0.15) is 0 Å². The molecule has 0 saturated heterocycles. The number of halogens is 2. The molecule has 2 N–H and O–H groups in total. The van der Waals surface area contributed by atoms with Crippen molar-refractivity contribution < 1.29 is 23.5 Å². The second-order valence-corrected chi connectivity index (χ2v) is 5.51. The van der Waals surface area contributed by atoms with Crippen molar-refractivity contribution in [2.24, 2.45) is 5.92 Å². The summed E-state index contributed by atoms with van der Waals surface area (Å²) in [5.41, 5.74) is -1.22. The molecule has 0 aromatic heterocycles. The van der Waals surface area contributed by atoms with Crippen molar-refractivity contribution >= 4 is 11.9 Å². The molecule has 1 aliphatic carbocycles. The van der Waals surface area contributed by atoms with Crippen LogP contribution < -0.4 is 5.32 Å². The summed E-state index contributed by atoms with van der Waals surface area (Å²) in [6.45, 7) is 2.74. The Bertz CT molecular complexity index is 572. The Morgan fingerprint density at radius 3 is 2.60 bits per heavy atom. The van der Waals surface area contributed by atoms with Crippen LogP contribution in [-0.2, 0) is 9.59 Å². The molecule has 1 aliphatic rings. The van der Waals surface area contributed by atoms with Gasteiger partial charge in [-0.1, -0.05) is 12.1 Å². The Morgan fingerprint density at radius 1 is 1.35 bits per heavy atom. The van der Waals surface area contributed by atoms with Crippen LogP contribution in [-0.4, -0.2) is 22.5 Å². The van der Waals surface area contributed by atoms with Gasteiger partial charge in [-0.05, 0) is 37.8 Å². The van der Waals surface area contributed by atoms with Crippen LogP contribution in [0, 0.1) is 17.6 Å². The minimum absolute atomic E-state index is 0.165. The summed E-state index contributed by atoms with van der Waals surface area (Å²) in [7, 11) is 0. The lowest BCUT2D eigenvalue weighted by Gasteiger charge is -2.21. The topological polar surface area (TPSA) is 66.4 Å². The SMILES string of the molecule is CC(C)(NC(=O)[C@@H]1C[C@H]1c1cccc(F)c1F)C(=O)O. The summed E-state index contributed by atoms with van der Waals surface area (Å²) in [6.07, 6.45) is 0.391. The van der Waals surface area contributed by atoms with Gasteiger partial charge in [-0.25, -0.2) is 13.6 Å². The zero-order valence-electron chi connectivity index (χ0n) is 11.1. The van der Waals surface area contributed by atoms with E-state index < -0.39 is 40.9 Å². The van der Waals surface area contributed by atoms with E-state index in [-0.39, 0.29) is 5.56 Å². The van der Waals surface area contributed by atoms with Crippen molar-refractivity contribution in [3.63, 3.8) is 0 Å².